The maximum Gasteiger partial charge on any atom is 0.435 e. The number of benzene rings is 3. The highest BCUT2D eigenvalue weighted by atomic mass is 32.2. The molecular formula is C31H26F3N7O7S. The van der Waals surface area contributed by atoms with Gasteiger partial charge in [0.1, 0.15) is 0 Å². The summed E-state index contributed by atoms with van der Waals surface area (Å²) in [4.78, 5) is 43.1. The average Bonchev–Trinajstić information content (AvgIpc) is 3.80. The van der Waals surface area contributed by atoms with Gasteiger partial charge < -0.3 is 10.0 Å². The number of aryl methyl sites for hydroxylation is 1. The first-order valence-electron chi connectivity index (χ1n) is 14.6. The van der Waals surface area contributed by atoms with E-state index in [2.05, 4.69) is 10.4 Å². The van der Waals surface area contributed by atoms with Crippen molar-refractivity contribution in [1.29, 1.82) is 0 Å². The molecule has 0 radical (unpaired) electrons. The van der Waals surface area contributed by atoms with E-state index in [1.54, 1.807) is 36.4 Å². The van der Waals surface area contributed by atoms with Crippen molar-refractivity contribution in [3.8, 4) is 16.9 Å². The van der Waals surface area contributed by atoms with Crippen molar-refractivity contribution in [2.75, 3.05) is 19.8 Å². The zero-order chi connectivity index (χ0) is 35.1. The van der Waals surface area contributed by atoms with E-state index in [4.69, 9.17) is 4.84 Å². The largest absolute Gasteiger partial charge is 0.569 e. The van der Waals surface area contributed by atoms with Gasteiger partial charge in [-0.15, -0.1) is 5.01 Å². The summed E-state index contributed by atoms with van der Waals surface area (Å²) in [6.45, 7) is 1.01. The normalized spacial score (nSPS) is 16.7. The lowest BCUT2D eigenvalue weighted by Crippen LogP contribution is -2.38. The highest BCUT2D eigenvalue weighted by Crippen LogP contribution is 2.33. The Bertz CT molecular complexity index is 2050. The lowest BCUT2D eigenvalue weighted by atomic mass is 10.1. The van der Waals surface area contributed by atoms with Crippen LogP contribution in [0.2, 0.25) is 0 Å². The van der Waals surface area contributed by atoms with Gasteiger partial charge >= 0.3 is 6.18 Å². The first-order valence-corrected chi connectivity index (χ1v) is 16.1. The fourth-order valence-electron chi connectivity index (χ4n) is 5.34. The molecule has 3 aromatic carbocycles. The van der Waals surface area contributed by atoms with E-state index >= 15 is 0 Å². The number of fused-ring (bicyclic) bond motifs is 1. The Kier molecular flexibility index (Phi) is 8.57. The summed E-state index contributed by atoms with van der Waals surface area (Å²) in [5.41, 5.74) is 0.901. The van der Waals surface area contributed by atoms with Gasteiger partial charge in [0.05, 0.1) is 51.4 Å². The van der Waals surface area contributed by atoms with Gasteiger partial charge in [-0.05, 0) is 55.8 Å². The number of hydrazine groups is 1. The van der Waals surface area contributed by atoms with Crippen molar-refractivity contribution >= 4 is 27.7 Å². The Balaban J connectivity index is 1.08. The van der Waals surface area contributed by atoms with Crippen molar-refractivity contribution in [2.24, 2.45) is 11.2 Å². The average molecular weight is 698 g/mol. The van der Waals surface area contributed by atoms with Crippen LogP contribution in [-0.4, -0.2) is 70.6 Å². The van der Waals surface area contributed by atoms with Gasteiger partial charge in [0.2, 0.25) is 17.9 Å². The zero-order valence-electron chi connectivity index (χ0n) is 25.5. The van der Waals surface area contributed by atoms with E-state index in [1.165, 1.54) is 24.3 Å². The molecule has 0 spiro atoms. The maximum atomic E-state index is 13.5. The van der Waals surface area contributed by atoms with Gasteiger partial charge in [0.25, 0.3) is 21.8 Å². The number of amides is 3. The summed E-state index contributed by atoms with van der Waals surface area (Å²) in [6, 6.07) is 18.6. The second-order valence-corrected chi connectivity index (χ2v) is 12.9. The second kappa shape index (κ2) is 12.7. The number of carbonyl (C=O) groups excluding carboxylic acids is 3. The Morgan fingerprint density at radius 3 is 2.29 bits per heavy atom. The van der Waals surface area contributed by atoms with Crippen LogP contribution in [-0.2, 0) is 25.8 Å². The third-order valence-corrected chi connectivity index (χ3v) is 9.31. The number of hydrogen-bond acceptors (Lipinski definition) is 9. The van der Waals surface area contributed by atoms with E-state index in [-0.39, 0.29) is 51.9 Å². The number of carbonyl (C=O) groups is 3. The standard InChI is InChI=1S/C31H26F3N7O7S/c1-19-6-8-20(9-7-19)26-16-27(31(32,33)34)35-40(26)22-10-12-23(13-11-22)49(46,47)36-28(42)21-14-15-38(17-21)41(45)37-48-18-39-29(43)24-4-2-3-5-25(24)30(39)44/h2-13,16,21H,14-15,17-18H2,1H3,(H,36,42). The molecule has 1 aromatic heterocycles. The number of hydrogen-bond donors (Lipinski definition) is 1. The van der Waals surface area contributed by atoms with Crippen LogP contribution >= 0.6 is 0 Å². The van der Waals surface area contributed by atoms with Gasteiger partial charge in [-0.1, -0.05) is 42.0 Å². The molecule has 0 aliphatic carbocycles. The molecule has 1 unspecified atom stereocenters. The van der Waals surface area contributed by atoms with Crippen LogP contribution in [0.15, 0.2) is 89.0 Å². The smallest absolute Gasteiger partial charge is 0.435 e. The van der Waals surface area contributed by atoms with Gasteiger partial charge in [-0.25, -0.2) is 22.7 Å². The molecule has 3 heterocycles. The Morgan fingerprint density at radius 1 is 1.04 bits per heavy atom. The number of sulfonamides is 1. The molecular weight excluding hydrogens is 671 g/mol. The maximum absolute atomic E-state index is 13.5. The molecule has 0 saturated carbocycles. The molecule has 3 amide bonds. The number of imide groups is 1. The summed E-state index contributed by atoms with van der Waals surface area (Å²) >= 11 is 0. The molecule has 49 heavy (non-hydrogen) atoms. The van der Waals surface area contributed by atoms with Crippen LogP contribution in [0.3, 0.4) is 0 Å². The molecule has 6 rings (SSSR count). The minimum absolute atomic E-state index is 0.0172. The van der Waals surface area contributed by atoms with Crippen molar-refractivity contribution < 1.29 is 45.8 Å². The van der Waals surface area contributed by atoms with Gasteiger partial charge in [-0.3, -0.25) is 14.4 Å². The quantitative estimate of drug-likeness (QED) is 0.117. The van der Waals surface area contributed by atoms with Crippen molar-refractivity contribution in [3.05, 3.63) is 106 Å². The van der Waals surface area contributed by atoms with Crippen LogP contribution < -0.4 is 4.72 Å². The van der Waals surface area contributed by atoms with Crippen LogP contribution in [0, 0.1) is 18.0 Å². The number of halogens is 3. The minimum Gasteiger partial charge on any atom is -0.569 e. The van der Waals surface area contributed by atoms with E-state index in [0.717, 1.165) is 38.4 Å². The summed E-state index contributed by atoms with van der Waals surface area (Å²) in [5, 5.41) is 20.6. The van der Waals surface area contributed by atoms with Gasteiger partial charge in [0.15, 0.2) is 5.69 Å². The number of nitrogens with one attached hydrogen (secondary N) is 1. The van der Waals surface area contributed by atoms with E-state index < -0.39 is 52.3 Å². The monoisotopic (exact) mass is 697 g/mol. The fraction of sp³-hybridized carbons (Fsp3) is 0.226. The number of rotatable bonds is 9. The molecule has 1 saturated heterocycles. The van der Waals surface area contributed by atoms with Crippen LogP contribution in [0.1, 0.15) is 38.4 Å². The summed E-state index contributed by atoms with van der Waals surface area (Å²) < 4.78 is 69.7. The molecule has 14 nitrogen and oxygen atoms in total. The predicted octanol–water partition coefficient (Wildman–Crippen LogP) is 4.06. The van der Waals surface area contributed by atoms with E-state index in [9.17, 15) is 41.2 Å². The second-order valence-electron chi connectivity index (χ2n) is 11.2. The Hall–Kier alpha value is -5.78. The first kappa shape index (κ1) is 33.1. The lowest BCUT2D eigenvalue weighted by molar-refractivity contribution is -0.708. The van der Waals surface area contributed by atoms with E-state index in [1.807, 2.05) is 11.6 Å². The van der Waals surface area contributed by atoms with Crippen LogP contribution in [0.4, 0.5) is 13.2 Å². The molecule has 1 N–H and O–H groups in total. The van der Waals surface area contributed by atoms with Crippen molar-refractivity contribution in [2.45, 2.75) is 24.4 Å². The SMILES string of the molecule is Cc1ccc(-c2cc(C(F)(F)F)nn2-c2ccc(S(=O)(=O)NC(=O)C3CCN([N+]([O-])=NOCN4C(=O)c5ccccc5C4=O)C3)cc2)cc1. The number of nitrogens with zero attached hydrogens (tertiary/aromatic N) is 6. The first-order chi connectivity index (χ1) is 23.2. The molecule has 0 bridgehead atoms. The summed E-state index contributed by atoms with van der Waals surface area (Å²) in [7, 11) is -4.41. The third kappa shape index (κ3) is 6.67. The highest BCUT2D eigenvalue weighted by molar-refractivity contribution is 7.90. The topological polar surface area (TPSA) is 169 Å². The molecule has 4 aromatic rings. The summed E-state index contributed by atoms with van der Waals surface area (Å²) in [5.74, 6) is -3.04. The highest BCUT2D eigenvalue weighted by Gasteiger charge is 2.38. The van der Waals surface area contributed by atoms with Gasteiger partial charge in [-0.2, -0.15) is 18.3 Å². The van der Waals surface area contributed by atoms with Crippen molar-refractivity contribution in [3.63, 3.8) is 0 Å². The zero-order valence-corrected chi connectivity index (χ0v) is 26.3. The predicted molar refractivity (Wildman–Crippen MR) is 163 cm³/mol. The Morgan fingerprint density at radius 2 is 1.67 bits per heavy atom. The lowest BCUT2D eigenvalue weighted by Gasteiger charge is -2.14. The molecule has 254 valence electrons. The van der Waals surface area contributed by atoms with E-state index in [0.29, 0.717) is 5.56 Å². The molecule has 1 fully saturated rings. The third-order valence-electron chi connectivity index (χ3n) is 7.95. The van der Waals surface area contributed by atoms with Crippen molar-refractivity contribution in [1.82, 2.24) is 24.4 Å². The molecule has 2 aliphatic heterocycles. The molecule has 18 heteroatoms. The Labute approximate surface area is 276 Å². The van der Waals surface area contributed by atoms with Crippen LogP contribution in [0.5, 0.6) is 0 Å². The molecule has 2 aliphatic rings. The van der Waals surface area contributed by atoms with Gasteiger partial charge in [0, 0.05) is 5.56 Å². The summed E-state index contributed by atoms with van der Waals surface area (Å²) in [6.07, 6.45) is -4.63. The van der Waals surface area contributed by atoms with Crippen LogP contribution in [0.25, 0.3) is 16.9 Å². The molecule has 1 atom stereocenters. The number of aromatic nitrogens is 2. The fourth-order valence-corrected chi connectivity index (χ4v) is 6.38. The number of alkyl halides is 3. The minimum atomic E-state index is -4.72.